The third-order valence-electron chi connectivity index (χ3n) is 2.03. The number of aromatic nitrogens is 2. The highest BCUT2D eigenvalue weighted by atomic mass is 79.9. The van der Waals surface area contributed by atoms with Crippen molar-refractivity contribution in [2.45, 2.75) is 0 Å². The first-order chi connectivity index (χ1) is 7.58. The van der Waals surface area contributed by atoms with Gasteiger partial charge in [-0.05, 0) is 22.0 Å². The van der Waals surface area contributed by atoms with Gasteiger partial charge in [0.05, 0.1) is 21.2 Å². The summed E-state index contributed by atoms with van der Waals surface area (Å²) in [6.07, 6.45) is 1.50. The van der Waals surface area contributed by atoms with Crippen LogP contribution in [0.25, 0.3) is 0 Å². The normalized spacial score (nSPS) is 10.4. The lowest BCUT2D eigenvalue weighted by Crippen LogP contribution is -2.14. The van der Waals surface area contributed by atoms with Gasteiger partial charge in [0.1, 0.15) is 0 Å². The standard InChI is InChI=1S/C9H9BrN4OS/c1-14-8(6(11)3-12-14)13-9(15)5-2-7(10)16-4-5/h2-4H,11H2,1H3,(H,13,15). The minimum atomic E-state index is -0.197. The minimum absolute atomic E-state index is 0.197. The Balaban J connectivity index is 2.20. The predicted molar refractivity (Wildman–Crippen MR) is 67.6 cm³/mol. The zero-order chi connectivity index (χ0) is 11.7. The van der Waals surface area contributed by atoms with Crippen molar-refractivity contribution < 1.29 is 4.79 Å². The Morgan fingerprint density at radius 2 is 2.44 bits per heavy atom. The molecule has 16 heavy (non-hydrogen) atoms. The molecule has 7 heteroatoms. The van der Waals surface area contributed by atoms with E-state index in [0.29, 0.717) is 17.1 Å². The molecule has 0 aliphatic carbocycles. The average molecular weight is 301 g/mol. The van der Waals surface area contributed by atoms with Crippen LogP contribution in [0.5, 0.6) is 0 Å². The van der Waals surface area contributed by atoms with Gasteiger partial charge in [-0.2, -0.15) is 5.10 Å². The van der Waals surface area contributed by atoms with Crippen LogP contribution in [-0.4, -0.2) is 15.7 Å². The third-order valence-corrected chi connectivity index (χ3v) is 3.53. The number of nitrogens with one attached hydrogen (secondary N) is 1. The van der Waals surface area contributed by atoms with Gasteiger partial charge >= 0.3 is 0 Å². The van der Waals surface area contributed by atoms with Gasteiger partial charge in [-0.25, -0.2) is 0 Å². The number of nitrogen functional groups attached to an aromatic ring is 1. The number of aryl methyl sites for hydroxylation is 1. The molecule has 0 saturated heterocycles. The SMILES string of the molecule is Cn1ncc(N)c1NC(=O)c1csc(Br)c1. The van der Waals surface area contributed by atoms with Crippen LogP contribution in [0.4, 0.5) is 11.5 Å². The lowest BCUT2D eigenvalue weighted by atomic mass is 10.3. The Morgan fingerprint density at radius 1 is 1.69 bits per heavy atom. The van der Waals surface area contributed by atoms with Gasteiger partial charge in [-0.15, -0.1) is 11.3 Å². The molecule has 84 valence electrons. The molecule has 5 nitrogen and oxygen atoms in total. The number of carbonyl (C=O) groups is 1. The molecular weight excluding hydrogens is 292 g/mol. The molecule has 2 rings (SSSR count). The van der Waals surface area contributed by atoms with Gasteiger partial charge in [-0.1, -0.05) is 0 Å². The van der Waals surface area contributed by atoms with Crippen molar-refractivity contribution in [3.8, 4) is 0 Å². The Hall–Kier alpha value is -1.34. The highest BCUT2D eigenvalue weighted by Crippen LogP contribution is 2.22. The molecule has 2 aromatic rings. The number of anilines is 2. The number of thiophene rings is 1. The summed E-state index contributed by atoms with van der Waals surface area (Å²) in [5, 5.41) is 8.42. The molecule has 0 spiro atoms. The summed E-state index contributed by atoms with van der Waals surface area (Å²) < 4.78 is 2.44. The summed E-state index contributed by atoms with van der Waals surface area (Å²) in [5.74, 6) is 0.310. The van der Waals surface area contributed by atoms with Crippen LogP contribution < -0.4 is 11.1 Å². The molecule has 1 amide bonds. The highest BCUT2D eigenvalue weighted by molar-refractivity contribution is 9.11. The van der Waals surface area contributed by atoms with E-state index in [4.69, 9.17) is 5.73 Å². The summed E-state index contributed by atoms with van der Waals surface area (Å²) in [5.41, 5.74) is 6.71. The summed E-state index contributed by atoms with van der Waals surface area (Å²) in [4.78, 5) is 11.8. The van der Waals surface area contributed by atoms with Crippen LogP contribution in [0, 0.1) is 0 Å². The van der Waals surface area contributed by atoms with E-state index in [0.717, 1.165) is 3.79 Å². The number of carbonyl (C=O) groups excluding carboxylic acids is 1. The zero-order valence-corrected chi connectivity index (χ0v) is 10.8. The van der Waals surface area contributed by atoms with E-state index < -0.39 is 0 Å². The van der Waals surface area contributed by atoms with E-state index >= 15 is 0 Å². The smallest absolute Gasteiger partial charge is 0.257 e. The number of nitrogens with two attached hydrogens (primary N) is 1. The maximum atomic E-state index is 11.8. The van der Waals surface area contributed by atoms with Crippen LogP contribution in [0.1, 0.15) is 10.4 Å². The molecule has 0 unspecified atom stereocenters. The van der Waals surface area contributed by atoms with E-state index in [1.54, 1.807) is 18.5 Å². The molecule has 2 aromatic heterocycles. The quantitative estimate of drug-likeness (QED) is 0.892. The summed E-state index contributed by atoms with van der Waals surface area (Å²) in [6.45, 7) is 0. The van der Waals surface area contributed by atoms with Crippen molar-refractivity contribution >= 4 is 44.7 Å². The van der Waals surface area contributed by atoms with Crippen molar-refractivity contribution in [3.05, 3.63) is 27.0 Å². The topological polar surface area (TPSA) is 72.9 Å². The number of nitrogens with zero attached hydrogens (tertiary/aromatic N) is 2. The van der Waals surface area contributed by atoms with Crippen LogP contribution in [0.3, 0.4) is 0 Å². The van der Waals surface area contributed by atoms with Gasteiger partial charge in [0.25, 0.3) is 5.91 Å². The van der Waals surface area contributed by atoms with Crippen molar-refractivity contribution in [2.24, 2.45) is 7.05 Å². The summed E-state index contributed by atoms with van der Waals surface area (Å²) in [6, 6.07) is 1.76. The molecule has 0 atom stereocenters. The molecule has 0 saturated carbocycles. The Labute approximate surface area is 104 Å². The second kappa shape index (κ2) is 4.26. The van der Waals surface area contributed by atoms with E-state index in [9.17, 15) is 4.79 Å². The first-order valence-electron chi connectivity index (χ1n) is 4.41. The zero-order valence-electron chi connectivity index (χ0n) is 8.40. The second-order valence-electron chi connectivity index (χ2n) is 3.17. The fraction of sp³-hybridized carbons (Fsp3) is 0.111. The van der Waals surface area contributed by atoms with Crippen molar-refractivity contribution in [2.75, 3.05) is 11.1 Å². The van der Waals surface area contributed by atoms with Gasteiger partial charge < -0.3 is 11.1 Å². The number of amides is 1. The average Bonchev–Trinajstić information content (AvgIpc) is 2.79. The fourth-order valence-corrected chi connectivity index (χ4v) is 2.35. The molecule has 0 aliphatic heterocycles. The fourth-order valence-electron chi connectivity index (χ4n) is 1.22. The number of hydrogen-bond donors (Lipinski definition) is 2. The van der Waals surface area contributed by atoms with E-state index in [-0.39, 0.29) is 5.91 Å². The Kier molecular flexibility index (Phi) is 2.97. The third kappa shape index (κ3) is 2.10. The highest BCUT2D eigenvalue weighted by Gasteiger charge is 2.12. The largest absolute Gasteiger partial charge is 0.394 e. The molecule has 0 fully saturated rings. The second-order valence-corrected chi connectivity index (χ2v) is 5.46. The Morgan fingerprint density at radius 3 is 2.94 bits per heavy atom. The van der Waals surface area contributed by atoms with Crippen LogP contribution >= 0.6 is 27.3 Å². The lowest BCUT2D eigenvalue weighted by Gasteiger charge is -2.04. The molecule has 3 N–H and O–H groups in total. The van der Waals surface area contributed by atoms with E-state index in [1.807, 2.05) is 0 Å². The van der Waals surface area contributed by atoms with Crippen molar-refractivity contribution in [1.29, 1.82) is 0 Å². The molecule has 0 radical (unpaired) electrons. The molecular formula is C9H9BrN4OS. The maximum absolute atomic E-state index is 11.8. The number of rotatable bonds is 2. The molecule has 0 aromatic carbocycles. The first-order valence-corrected chi connectivity index (χ1v) is 6.08. The van der Waals surface area contributed by atoms with Gasteiger partial charge in [0.2, 0.25) is 0 Å². The molecule has 0 aliphatic rings. The Bertz CT molecular complexity index is 514. The van der Waals surface area contributed by atoms with Crippen molar-refractivity contribution in [3.63, 3.8) is 0 Å². The van der Waals surface area contributed by atoms with Gasteiger partial charge in [-0.3, -0.25) is 9.48 Å². The van der Waals surface area contributed by atoms with Crippen LogP contribution in [0.2, 0.25) is 0 Å². The summed E-state index contributed by atoms with van der Waals surface area (Å²) in [7, 11) is 1.72. The first kappa shape index (κ1) is 11.2. The maximum Gasteiger partial charge on any atom is 0.257 e. The molecule has 0 bridgehead atoms. The number of hydrogen-bond acceptors (Lipinski definition) is 4. The van der Waals surface area contributed by atoms with Crippen LogP contribution in [-0.2, 0) is 7.05 Å². The van der Waals surface area contributed by atoms with E-state index in [2.05, 4.69) is 26.3 Å². The monoisotopic (exact) mass is 300 g/mol. The molecule has 2 heterocycles. The summed E-state index contributed by atoms with van der Waals surface area (Å²) >= 11 is 4.76. The van der Waals surface area contributed by atoms with Crippen molar-refractivity contribution in [1.82, 2.24) is 9.78 Å². The van der Waals surface area contributed by atoms with Gasteiger partial charge in [0.15, 0.2) is 5.82 Å². The van der Waals surface area contributed by atoms with E-state index in [1.165, 1.54) is 22.2 Å². The minimum Gasteiger partial charge on any atom is -0.394 e. The lowest BCUT2D eigenvalue weighted by molar-refractivity contribution is 0.102. The van der Waals surface area contributed by atoms with Gasteiger partial charge in [0, 0.05) is 12.4 Å². The predicted octanol–water partition coefficient (Wildman–Crippen LogP) is 2.08. The number of halogens is 1. The van der Waals surface area contributed by atoms with Crippen LogP contribution in [0.15, 0.2) is 21.4 Å².